The molecule has 0 unspecified atom stereocenters. The van der Waals surface area contributed by atoms with Gasteiger partial charge in [0, 0.05) is 6.42 Å². The number of rotatable bonds is 24. The minimum atomic E-state index is 1.11. The van der Waals surface area contributed by atoms with Gasteiger partial charge in [0.15, 0.2) is 0 Å². The Morgan fingerprint density at radius 1 is 0.531 bits per heavy atom. The van der Waals surface area contributed by atoms with Gasteiger partial charge in [-0.05, 0) is 26.2 Å². The van der Waals surface area contributed by atoms with E-state index in [4.69, 9.17) is 0 Å². The van der Waals surface area contributed by atoms with Crippen LogP contribution in [0.3, 0.4) is 0 Å². The summed E-state index contributed by atoms with van der Waals surface area (Å²) in [5.41, 5.74) is 0. The van der Waals surface area contributed by atoms with Crippen LogP contribution in [0.4, 0.5) is 0 Å². The Balaban J connectivity index is 2.07. The van der Waals surface area contributed by atoms with E-state index < -0.39 is 0 Å². The van der Waals surface area contributed by atoms with Crippen molar-refractivity contribution in [3.05, 3.63) is 18.2 Å². The van der Waals surface area contributed by atoms with E-state index in [-0.39, 0.29) is 0 Å². The molecular weight excluding hydrogens is 388 g/mol. The molecule has 0 fully saturated rings. The Hall–Kier alpha value is -0.790. The molecule has 32 heavy (non-hydrogen) atoms. The van der Waals surface area contributed by atoms with Crippen LogP contribution in [0.25, 0.3) is 0 Å². The fourth-order valence-electron chi connectivity index (χ4n) is 4.99. The van der Waals surface area contributed by atoms with Crippen molar-refractivity contribution in [1.82, 2.24) is 4.57 Å². The summed E-state index contributed by atoms with van der Waals surface area (Å²) in [5, 5.41) is 0. The number of unbranched alkanes of at least 4 members (excludes halogenated alkanes) is 19. The average Bonchev–Trinajstić information content (AvgIpc) is 3.20. The fraction of sp³-hybridized carbons (Fsp3) is 0.900. The zero-order chi connectivity index (χ0) is 23.1. The molecule has 0 radical (unpaired) electrons. The van der Waals surface area contributed by atoms with Crippen LogP contribution in [0.2, 0.25) is 0 Å². The number of imidazole rings is 1. The molecule has 2 heteroatoms. The van der Waals surface area contributed by atoms with E-state index in [2.05, 4.69) is 42.3 Å². The van der Waals surface area contributed by atoms with Gasteiger partial charge in [0.2, 0.25) is 0 Å². The van der Waals surface area contributed by atoms with Crippen LogP contribution in [0, 0.1) is 0 Å². The second-order valence-corrected chi connectivity index (χ2v) is 10.2. The topological polar surface area (TPSA) is 8.81 Å². The molecule has 0 aliphatic heterocycles. The van der Waals surface area contributed by atoms with Gasteiger partial charge in [-0.1, -0.05) is 129 Å². The number of nitrogens with zero attached hydrogens (tertiary/aromatic N) is 2. The van der Waals surface area contributed by atoms with Crippen molar-refractivity contribution < 1.29 is 4.57 Å². The Kier molecular flexibility index (Phi) is 20.1. The molecule has 188 valence electrons. The highest BCUT2D eigenvalue weighted by Crippen LogP contribution is 2.13. The van der Waals surface area contributed by atoms with Crippen LogP contribution in [-0.2, 0) is 19.5 Å². The van der Waals surface area contributed by atoms with E-state index in [9.17, 15) is 0 Å². The Morgan fingerprint density at radius 2 is 0.938 bits per heavy atom. The molecule has 1 aromatic rings. The highest BCUT2D eigenvalue weighted by atomic mass is 15.1. The summed E-state index contributed by atoms with van der Waals surface area (Å²) in [6, 6.07) is 0. The lowest BCUT2D eigenvalue weighted by Crippen LogP contribution is -2.37. The second-order valence-electron chi connectivity index (χ2n) is 10.2. The largest absolute Gasteiger partial charge is 0.256 e. The van der Waals surface area contributed by atoms with Gasteiger partial charge in [0.25, 0.3) is 5.82 Å². The SMILES string of the molecule is CCCCCCCCCCCCCC[n+]1ccn(CC)c1CCCCCCCCCCC. The monoisotopic (exact) mass is 447 g/mol. The van der Waals surface area contributed by atoms with Crippen LogP contribution >= 0.6 is 0 Å². The maximum Gasteiger partial charge on any atom is 0.256 e. The molecule has 0 saturated heterocycles. The quantitative estimate of drug-likeness (QED) is 0.110. The molecule has 0 atom stereocenters. The van der Waals surface area contributed by atoms with Crippen LogP contribution in [0.5, 0.6) is 0 Å². The first-order valence-corrected chi connectivity index (χ1v) is 14.9. The molecule has 0 saturated carbocycles. The van der Waals surface area contributed by atoms with Gasteiger partial charge in [-0.25, -0.2) is 9.13 Å². The molecule has 0 aliphatic rings. The summed E-state index contributed by atoms with van der Waals surface area (Å²) in [6.07, 6.45) is 35.8. The minimum absolute atomic E-state index is 1.11. The number of aromatic nitrogens is 2. The Labute approximate surface area is 202 Å². The average molecular weight is 448 g/mol. The molecular formula is C30H59N2+. The van der Waals surface area contributed by atoms with Gasteiger partial charge >= 0.3 is 0 Å². The lowest BCUT2D eigenvalue weighted by Gasteiger charge is -2.06. The van der Waals surface area contributed by atoms with E-state index in [1.807, 2.05) is 0 Å². The standard InChI is InChI=1S/C30H59N2/c1-4-7-9-11-13-15-16-17-19-21-23-25-27-32-29-28-31(6-3)30(32)26-24-22-20-18-14-12-10-8-5-2/h28-29H,4-27H2,1-3H3/q+1. The van der Waals surface area contributed by atoms with Crippen molar-refractivity contribution in [2.45, 2.75) is 175 Å². The fourth-order valence-corrected chi connectivity index (χ4v) is 4.99. The number of hydrogen-bond acceptors (Lipinski definition) is 0. The highest BCUT2D eigenvalue weighted by molar-refractivity contribution is 4.83. The van der Waals surface area contributed by atoms with Gasteiger partial charge in [-0.15, -0.1) is 0 Å². The highest BCUT2D eigenvalue weighted by Gasteiger charge is 2.15. The first-order valence-electron chi connectivity index (χ1n) is 14.9. The zero-order valence-electron chi connectivity index (χ0n) is 22.5. The molecule has 0 amide bonds. The summed E-state index contributed by atoms with van der Waals surface area (Å²) in [5.74, 6) is 1.57. The van der Waals surface area contributed by atoms with Crippen LogP contribution < -0.4 is 4.57 Å². The molecule has 1 heterocycles. The predicted molar refractivity (Wildman–Crippen MR) is 142 cm³/mol. The number of hydrogen-bond donors (Lipinski definition) is 0. The van der Waals surface area contributed by atoms with E-state index in [0.29, 0.717) is 0 Å². The lowest BCUT2D eigenvalue weighted by atomic mass is 10.1. The molecule has 1 aromatic heterocycles. The summed E-state index contributed by atoms with van der Waals surface area (Å²) in [7, 11) is 0. The normalized spacial score (nSPS) is 11.5. The minimum Gasteiger partial charge on any atom is -0.235 e. The molecule has 0 spiro atoms. The summed E-state index contributed by atoms with van der Waals surface area (Å²) in [6.45, 7) is 9.22. The van der Waals surface area contributed by atoms with Gasteiger partial charge in [0.05, 0.1) is 13.1 Å². The van der Waals surface area contributed by atoms with Crippen LogP contribution in [-0.4, -0.2) is 4.57 Å². The van der Waals surface area contributed by atoms with E-state index in [0.717, 1.165) is 6.54 Å². The van der Waals surface area contributed by atoms with E-state index >= 15 is 0 Å². The van der Waals surface area contributed by atoms with Crippen molar-refractivity contribution in [3.8, 4) is 0 Å². The van der Waals surface area contributed by atoms with Crippen LogP contribution in [0.15, 0.2) is 12.4 Å². The maximum absolute atomic E-state index is 2.56. The van der Waals surface area contributed by atoms with Gasteiger partial charge in [-0.2, -0.15) is 0 Å². The van der Waals surface area contributed by atoms with Gasteiger partial charge in [-0.3, -0.25) is 0 Å². The van der Waals surface area contributed by atoms with Gasteiger partial charge in [0.1, 0.15) is 12.4 Å². The van der Waals surface area contributed by atoms with Crippen molar-refractivity contribution in [2.75, 3.05) is 0 Å². The Morgan fingerprint density at radius 3 is 1.38 bits per heavy atom. The first-order chi connectivity index (χ1) is 15.8. The summed E-state index contributed by atoms with van der Waals surface area (Å²) < 4.78 is 5.04. The first kappa shape index (κ1) is 29.2. The third kappa shape index (κ3) is 15.1. The van der Waals surface area contributed by atoms with Crippen LogP contribution in [0.1, 0.15) is 161 Å². The Bertz CT molecular complexity index is 505. The van der Waals surface area contributed by atoms with Crippen molar-refractivity contribution in [1.29, 1.82) is 0 Å². The van der Waals surface area contributed by atoms with Crippen molar-refractivity contribution >= 4 is 0 Å². The molecule has 1 rings (SSSR count). The van der Waals surface area contributed by atoms with Crippen molar-refractivity contribution in [2.24, 2.45) is 0 Å². The maximum atomic E-state index is 2.56. The third-order valence-corrected chi connectivity index (χ3v) is 7.19. The molecule has 0 bridgehead atoms. The summed E-state index contributed by atoms with van der Waals surface area (Å²) in [4.78, 5) is 0. The van der Waals surface area contributed by atoms with E-state index in [1.165, 1.54) is 148 Å². The third-order valence-electron chi connectivity index (χ3n) is 7.19. The van der Waals surface area contributed by atoms with Crippen molar-refractivity contribution in [3.63, 3.8) is 0 Å². The molecule has 0 aliphatic carbocycles. The number of aryl methyl sites for hydroxylation is 2. The second kappa shape index (κ2) is 22.0. The van der Waals surface area contributed by atoms with E-state index in [1.54, 1.807) is 5.82 Å². The lowest BCUT2D eigenvalue weighted by molar-refractivity contribution is -0.704. The molecule has 0 aromatic carbocycles. The smallest absolute Gasteiger partial charge is 0.235 e. The van der Waals surface area contributed by atoms with Gasteiger partial charge < -0.3 is 0 Å². The zero-order valence-corrected chi connectivity index (χ0v) is 22.5. The molecule has 0 N–H and O–H groups in total. The predicted octanol–water partition coefficient (Wildman–Crippen LogP) is 9.57. The summed E-state index contributed by atoms with van der Waals surface area (Å²) >= 11 is 0. The molecule has 2 nitrogen and oxygen atoms in total.